The van der Waals surface area contributed by atoms with E-state index < -0.39 is 10.0 Å². The topological polar surface area (TPSA) is 92.5 Å². The van der Waals surface area contributed by atoms with Crippen molar-refractivity contribution in [1.29, 1.82) is 0 Å². The highest BCUT2D eigenvalue weighted by atomic mass is 32.2. The molecule has 1 amide bonds. The van der Waals surface area contributed by atoms with Crippen LogP contribution in [0.4, 0.5) is 5.69 Å². The van der Waals surface area contributed by atoms with Gasteiger partial charge in [-0.05, 0) is 51.0 Å². The molecule has 3 rings (SSSR count). The van der Waals surface area contributed by atoms with Crippen molar-refractivity contribution in [3.8, 4) is 11.8 Å². The number of nitrogens with zero attached hydrogens (tertiary/aromatic N) is 2. The summed E-state index contributed by atoms with van der Waals surface area (Å²) in [6.45, 7) is 3.84. The molecule has 1 aliphatic rings. The van der Waals surface area contributed by atoms with E-state index in [1.807, 2.05) is 24.3 Å². The lowest BCUT2D eigenvalue weighted by molar-refractivity contribution is -0.119. The van der Waals surface area contributed by atoms with Crippen LogP contribution in [0, 0.1) is 25.7 Å². The Morgan fingerprint density at radius 2 is 1.96 bits per heavy atom. The van der Waals surface area contributed by atoms with Gasteiger partial charge in [-0.15, -0.1) is 0 Å². The number of benzene rings is 1. The molecule has 1 aromatic carbocycles. The number of nitrogens with one attached hydrogen (secondary N) is 1. The molecule has 0 radical (unpaired) electrons. The molecule has 0 unspecified atom stereocenters. The number of aromatic nitrogens is 1. The number of amides is 1. The molecule has 2 heterocycles. The normalized spacial score (nSPS) is 14.7. The molecule has 1 aromatic heterocycles. The van der Waals surface area contributed by atoms with Gasteiger partial charge in [0.15, 0.2) is 5.76 Å². The second kappa shape index (κ2) is 7.94. The highest BCUT2D eigenvalue weighted by molar-refractivity contribution is 7.89. The first-order chi connectivity index (χ1) is 12.9. The minimum atomic E-state index is -3.71. The van der Waals surface area contributed by atoms with Crippen LogP contribution >= 0.6 is 0 Å². The number of sulfonamides is 1. The summed E-state index contributed by atoms with van der Waals surface area (Å²) in [5.74, 6) is 6.10. The molecule has 1 N–H and O–H groups in total. The Morgan fingerprint density at radius 3 is 2.59 bits per heavy atom. The van der Waals surface area contributed by atoms with E-state index in [4.69, 9.17) is 4.52 Å². The first-order valence-electron chi connectivity index (χ1n) is 8.70. The zero-order valence-corrected chi connectivity index (χ0v) is 16.1. The molecule has 8 heteroatoms. The van der Waals surface area contributed by atoms with Crippen LogP contribution in [0.5, 0.6) is 0 Å². The third kappa shape index (κ3) is 4.38. The van der Waals surface area contributed by atoms with Crippen LogP contribution in [-0.2, 0) is 14.8 Å². The van der Waals surface area contributed by atoms with E-state index in [1.54, 1.807) is 18.7 Å². The number of aryl methyl sites for hydroxylation is 2. The Labute approximate surface area is 158 Å². The predicted octanol–water partition coefficient (Wildman–Crippen LogP) is 2.14. The maximum absolute atomic E-state index is 12.3. The fraction of sp³-hybridized carbons (Fsp3) is 0.368. The van der Waals surface area contributed by atoms with Crippen molar-refractivity contribution < 1.29 is 17.7 Å². The van der Waals surface area contributed by atoms with Crippen molar-refractivity contribution in [2.45, 2.75) is 38.0 Å². The van der Waals surface area contributed by atoms with Crippen LogP contribution in [0.2, 0.25) is 0 Å². The number of hydrogen-bond donors (Lipinski definition) is 1. The van der Waals surface area contributed by atoms with Gasteiger partial charge in [0, 0.05) is 24.2 Å². The van der Waals surface area contributed by atoms with Crippen molar-refractivity contribution >= 4 is 21.6 Å². The van der Waals surface area contributed by atoms with Gasteiger partial charge in [0.2, 0.25) is 15.9 Å². The van der Waals surface area contributed by atoms with E-state index >= 15 is 0 Å². The molecule has 0 aliphatic carbocycles. The average molecular weight is 387 g/mol. The van der Waals surface area contributed by atoms with Gasteiger partial charge >= 0.3 is 0 Å². The number of anilines is 1. The van der Waals surface area contributed by atoms with Crippen LogP contribution in [0.25, 0.3) is 0 Å². The minimum absolute atomic E-state index is 0.0290. The second-order valence-electron chi connectivity index (χ2n) is 6.33. The van der Waals surface area contributed by atoms with E-state index in [2.05, 4.69) is 21.7 Å². The fourth-order valence-corrected chi connectivity index (χ4v) is 4.26. The number of hydrogen-bond acceptors (Lipinski definition) is 5. The average Bonchev–Trinajstić information content (AvgIpc) is 2.99. The molecule has 7 nitrogen and oxygen atoms in total. The molecule has 0 bridgehead atoms. The summed E-state index contributed by atoms with van der Waals surface area (Å²) in [7, 11) is -3.71. The van der Waals surface area contributed by atoms with Crippen molar-refractivity contribution in [3.05, 3.63) is 41.3 Å². The molecule has 2 aromatic rings. The van der Waals surface area contributed by atoms with Gasteiger partial charge in [-0.2, -0.15) is 4.72 Å². The smallest absolute Gasteiger partial charge is 0.246 e. The van der Waals surface area contributed by atoms with Gasteiger partial charge in [0.05, 0.1) is 6.54 Å². The maximum Gasteiger partial charge on any atom is 0.246 e. The van der Waals surface area contributed by atoms with Gasteiger partial charge in [0.1, 0.15) is 10.6 Å². The number of carbonyl (C=O) groups is 1. The third-order valence-electron chi connectivity index (χ3n) is 4.32. The van der Waals surface area contributed by atoms with E-state index in [1.165, 1.54) is 0 Å². The van der Waals surface area contributed by atoms with Gasteiger partial charge in [-0.1, -0.05) is 17.0 Å². The molecule has 0 spiro atoms. The van der Waals surface area contributed by atoms with Gasteiger partial charge in [-0.25, -0.2) is 8.42 Å². The molecule has 0 atom stereocenters. The van der Waals surface area contributed by atoms with E-state index in [0.29, 0.717) is 12.1 Å². The van der Waals surface area contributed by atoms with Crippen molar-refractivity contribution in [1.82, 2.24) is 9.88 Å². The molecule has 1 aliphatic heterocycles. The number of piperidine rings is 1. The maximum atomic E-state index is 12.3. The summed E-state index contributed by atoms with van der Waals surface area (Å²) in [5.41, 5.74) is 1.93. The second-order valence-corrected chi connectivity index (χ2v) is 8.03. The lowest BCUT2D eigenvalue weighted by Crippen LogP contribution is -2.35. The molecular formula is C19H21N3O4S. The Balaban J connectivity index is 1.62. The summed E-state index contributed by atoms with van der Waals surface area (Å²) >= 11 is 0. The van der Waals surface area contributed by atoms with Crippen LogP contribution in [0.15, 0.2) is 33.7 Å². The number of carbonyl (C=O) groups excluding carboxylic acids is 1. The van der Waals surface area contributed by atoms with Crippen LogP contribution in [-0.4, -0.2) is 32.6 Å². The summed E-state index contributed by atoms with van der Waals surface area (Å²) in [4.78, 5) is 13.8. The first kappa shape index (κ1) is 19.1. The SMILES string of the molecule is Cc1noc(C)c1S(=O)(=O)NCC#Cc1ccc(N2CCCCC2=O)cc1. The Bertz CT molecular complexity index is 978. The fourth-order valence-electron chi connectivity index (χ4n) is 3.01. The van der Waals surface area contributed by atoms with Crippen molar-refractivity contribution in [3.63, 3.8) is 0 Å². The molecule has 1 saturated heterocycles. The largest absolute Gasteiger partial charge is 0.360 e. The van der Waals surface area contributed by atoms with Crippen LogP contribution in [0.3, 0.4) is 0 Å². The highest BCUT2D eigenvalue weighted by Crippen LogP contribution is 2.21. The van der Waals surface area contributed by atoms with E-state index in [-0.39, 0.29) is 23.1 Å². The molecule has 1 fully saturated rings. The standard InChI is InChI=1S/C19H21N3O4S/c1-14-19(15(2)26-21-14)27(24,25)20-12-5-6-16-8-10-17(11-9-16)22-13-4-3-7-18(22)23/h8-11,20H,3-4,7,12-13H2,1-2H3. The van der Waals surface area contributed by atoms with Crippen molar-refractivity contribution in [2.24, 2.45) is 0 Å². The van der Waals surface area contributed by atoms with Crippen LogP contribution < -0.4 is 9.62 Å². The monoisotopic (exact) mass is 387 g/mol. The first-order valence-corrected chi connectivity index (χ1v) is 10.2. The number of rotatable bonds is 4. The van der Waals surface area contributed by atoms with Gasteiger partial charge in [0.25, 0.3) is 0 Å². The van der Waals surface area contributed by atoms with Crippen LogP contribution in [0.1, 0.15) is 36.3 Å². The quantitative estimate of drug-likeness (QED) is 0.812. The Kier molecular flexibility index (Phi) is 5.63. The van der Waals surface area contributed by atoms with E-state index in [9.17, 15) is 13.2 Å². The molecule has 27 heavy (non-hydrogen) atoms. The lowest BCUT2D eigenvalue weighted by atomic mass is 10.1. The highest BCUT2D eigenvalue weighted by Gasteiger charge is 2.23. The van der Waals surface area contributed by atoms with E-state index in [0.717, 1.165) is 30.6 Å². The molecular weight excluding hydrogens is 366 g/mol. The summed E-state index contributed by atoms with van der Waals surface area (Å²) < 4.78 is 31.9. The minimum Gasteiger partial charge on any atom is -0.360 e. The molecule has 0 saturated carbocycles. The summed E-state index contributed by atoms with van der Waals surface area (Å²) in [5, 5.41) is 3.65. The summed E-state index contributed by atoms with van der Waals surface area (Å²) in [6, 6.07) is 7.38. The third-order valence-corrected chi connectivity index (χ3v) is 5.97. The summed E-state index contributed by atoms with van der Waals surface area (Å²) in [6.07, 6.45) is 2.55. The zero-order chi connectivity index (χ0) is 19.4. The predicted molar refractivity (Wildman–Crippen MR) is 101 cm³/mol. The lowest BCUT2D eigenvalue weighted by Gasteiger charge is -2.26. The Morgan fingerprint density at radius 1 is 1.22 bits per heavy atom. The van der Waals surface area contributed by atoms with Gasteiger partial charge < -0.3 is 9.42 Å². The van der Waals surface area contributed by atoms with Crippen molar-refractivity contribution in [2.75, 3.05) is 18.0 Å². The zero-order valence-electron chi connectivity index (χ0n) is 15.3. The molecule has 142 valence electrons. The Hall–Kier alpha value is -2.63. The van der Waals surface area contributed by atoms with Gasteiger partial charge in [-0.3, -0.25) is 4.79 Å².